The minimum atomic E-state index is -5.29. The molecule has 0 radical (unpaired) electrons. The van der Waals surface area contributed by atoms with Crippen LogP contribution < -0.4 is 26.4 Å². The van der Waals surface area contributed by atoms with Gasteiger partial charge in [-0.2, -0.15) is 22.0 Å². The molecule has 0 aliphatic heterocycles. The molecule has 4 amide bonds. The van der Waals surface area contributed by atoms with Crippen LogP contribution in [0.2, 0.25) is 5.02 Å². The van der Waals surface area contributed by atoms with Crippen LogP contribution in [0, 0.1) is 5.92 Å². The van der Waals surface area contributed by atoms with Gasteiger partial charge in [-0.25, -0.2) is 0 Å². The van der Waals surface area contributed by atoms with Gasteiger partial charge in [0.25, 0.3) is 11.7 Å². The van der Waals surface area contributed by atoms with Crippen molar-refractivity contribution in [2.24, 2.45) is 11.7 Å². The number of hydrogen-bond donors (Lipinski definition) is 4. The van der Waals surface area contributed by atoms with Crippen molar-refractivity contribution in [3.63, 3.8) is 0 Å². The third-order valence-electron chi connectivity index (χ3n) is 6.30. The molecule has 0 saturated heterocycles. The first-order valence-electron chi connectivity index (χ1n) is 13.0. The largest absolute Gasteiger partial charge is 0.497 e. The van der Waals surface area contributed by atoms with Crippen molar-refractivity contribution < 1.29 is 50.7 Å². The highest BCUT2D eigenvalue weighted by atomic mass is 35.5. The van der Waals surface area contributed by atoms with Gasteiger partial charge in [0.05, 0.1) is 13.2 Å². The Labute approximate surface area is 253 Å². The van der Waals surface area contributed by atoms with Gasteiger partial charge < -0.3 is 26.4 Å². The van der Waals surface area contributed by atoms with Crippen LogP contribution in [0.1, 0.15) is 43.9 Å². The molecule has 0 saturated carbocycles. The fraction of sp³-hybridized carbons (Fsp3) is 0.393. The number of amides is 4. The number of carbonyl (C=O) groups is 5. The molecule has 2 aromatic carbocycles. The van der Waals surface area contributed by atoms with Gasteiger partial charge in [0.1, 0.15) is 17.8 Å². The molecule has 2 rings (SSSR count). The number of ether oxygens (including phenoxy) is 1. The number of benzene rings is 2. The quantitative estimate of drug-likeness (QED) is 0.230. The summed E-state index contributed by atoms with van der Waals surface area (Å²) in [6, 6.07) is 3.79. The highest BCUT2D eigenvalue weighted by Gasteiger charge is 2.46. The maximum atomic E-state index is 15.0. The number of methoxy groups -OCH3 is 1. The first-order chi connectivity index (χ1) is 20.4. The zero-order valence-corrected chi connectivity index (χ0v) is 24.4. The molecule has 2 aromatic rings. The number of alkyl halides is 5. The van der Waals surface area contributed by atoms with E-state index in [9.17, 15) is 45.9 Å². The van der Waals surface area contributed by atoms with Crippen molar-refractivity contribution in [2.75, 3.05) is 7.11 Å². The van der Waals surface area contributed by atoms with Crippen LogP contribution >= 0.6 is 11.6 Å². The van der Waals surface area contributed by atoms with Crippen molar-refractivity contribution in [1.29, 1.82) is 0 Å². The molecule has 16 heteroatoms. The van der Waals surface area contributed by atoms with Gasteiger partial charge in [-0.1, -0.05) is 49.7 Å². The van der Waals surface area contributed by atoms with Gasteiger partial charge in [0, 0.05) is 17.0 Å². The second-order valence-electron chi connectivity index (χ2n) is 9.92. The van der Waals surface area contributed by atoms with Crippen molar-refractivity contribution in [3.8, 4) is 5.75 Å². The molecule has 10 nitrogen and oxygen atoms in total. The molecular formula is C28H30ClF5N4O6. The molecule has 0 bridgehead atoms. The Hall–Kier alpha value is -4.27. The van der Waals surface area contributed by atoms with E-state index in [1.54, 1.807) is 0 Å². The van der Waals surface area contributed by atoms with E-state index >= 15 is 0 Å². The average Bonchev–Trinajstić information content (AvgIpc) is 2.95. The minimum Gasteiger partial charge on any atom is -0.497 e. The van der Waals surface area contributed by atoms with E-state index in [-0.39, 0.29) is 10.6 Å². The zero-order chi connectivity index (χ0) is 33.4. The van der Waals surface area contributed by atoms with Crippen molar-refractivity contribution >= 4 is 41.0 Å². The molecule has 0 unspecified atom stereocenters. The summed E-state index contributed by atoms with van der Waals surface area (Å²) >= 11 is 5.75. The molecule has 240 valence electrons. The van der Waals surface area contributed by atoms with E-state index in [2.05, 4.69) is 5.32 Å². The first kappa shape index (κ1) is 35.9. The molecule has 0 fully saturated rings. The highest BCUT2D eigenvalue weighted by molar-refractivity contribution is 6.30. The van der Waals surface area contributed by atoms with E-state index in [4.69, 9.17) is 22.1 Å². The second-order valence-corrected chi connectivity index (χ2v) is 10.4. The molecule has 0 spiro atoms. The van der Waals surface area contributed by atoms with Crippen LogP contribution in [0.4, 0.5) is 22.0 Å². The average molecular weight is 649 g/mol. The topological polar surface area (TPSA) is 157 Å². The Balaban J connectivity index is 2.44. The smallest absolute Gasteiger partial charge is 0.452 e. The number of nitrogens with one attached hydrogen (secondary N) is 3. The number of carbonyl (C=O) groups excluding carboxylic acids is 5. The molecule has 3 atom stereocenters. The lowest BCUT2D eigenvalue weighted by Crippen LogP contribution is -2.55. The Morgan fingerprint density at radius 2 is 1.52 bits per heavy atom. The number of Topliss-reactive ketones (excluding diaryl/α,β-unsaturated/α-hetero) is 1. The van der Waals surface area contributed by atoms with Gasteiger partial charge >= 0.3 is 12.1 Å². The summed E-state index contributed by atoms with van der Waals surface area (Å²) in [7, 11) is 1.34. The number of ketones is 1. The summed E-state index contributed by atoms with van der Waals surface area (Å²) in [5.41, 5.74) is 4.32. The predicted molar refractivity (Wildman–Crippen MR) is 147 cm³/mol. The Bertz CT molecular complexity index is 1370. The lowest BCUT2D eigenvalue weighted by atomic mass is 9.97. The van der Waals surface area contributed by atoms with Crippen LogP contribution in [0.15, 0.2) is 48.5 Å². The lowest BCUT2D eigenvalue weighted by molar-refractivity contribution is -0.175. The third-order valence-corrected chi connectivity index (χ3v) is 6.53. The summed E-state index contributed by atoms with van der Waals surface area (Å²) in [6.45, 7) is 2.51. The van der Waals surface area contributed by atoms with Gasteiger partial charge in [-0.05, 0) is 42.2 Å². The van der Waals surface area contributed by atoms with Crippen LogP contribution in [0.3, 0.4) is 0 Å². The fourth-order valence-electron chi connectivity index (χ4n) is 3.91. The molecule has 0 aliphatic carbocycles. The highest BCUT2D eigenvalue weighted by Crippen LogP contribution is 2.30. The standard InChI is InChI=1S/C28H30ClF5N4O6/c1-14(2)21(23(40)28(32,33)34)37-25(42)22(15-7-9-18(44-3)10-8-15)38-24(41)19(11-12-20(35)39)36-26(43)27(30,31)16-5-4-6-17(29)13-16/h4-10,13-14,19,21-22H,11-12H2,1-3H3,(H2,35,39)(H,36,43)(H,37,42)(H,38,41)/t19-,21-,22-/m0/s1. The van der Waals surface area contributed by atoms with E-state index in [0.717, 1.165) is 12.1 Å². The maximum Gasteiger partial charge on any atom is 0.452 e. The molecule has 5 N–H and O–H groups in total. The minimum absolute atomic E-state index is 0.0113. The molecular weight excluding hydrogens is 619 g/mol. The monoisotopic (exact) mass is 648 g/mol. The normalized spacial score (nSPS) is 13.8. The Kier molecular flexibility index (Phi) is 12.2. The van der Waals surface area contributed by atoms with Gasteiger partial charge in [-0.15, -0.1) is 0 Å². The van der Waals surface area contributed by atoms with Gasteiger partial charge in [-0.3, -0.25) is 24.0 Å². The summed E-state index contributed by atoms with van der Waals surface area (Å²) in [5, 5.41) is 5.93. The van der Waals surface area contributed by atoms with E-state index in [1.807, 2.05) is 10.6 Å². The first-order valence-corrected chi connectivity index (χ1v) is 13.3. The molecule has 44 heavy (non-hydrogen) atoms. The van der Waals surface area contributed by atoms with E-state index in [0.29, 0.717) is 5.75 Å². The molecule has 0 heterocycles. The predicted octanol–water partition coefficient (Wildman–Crippen LogP) is 3.32. The van der Waals surface area contributed by atoms with Crippen molar-refractivity contribution in [2.45, 2.75) is 56.9 Å². The summed E-state index contributed by atoms with van der Waals surface area (Å²) < 4.78 is 74.6. The Morgan fingerprint density at radius 1 is 0.909 bits per heavy atom. The zero-order valence-electron chi connectivity index (χ0n) is 23.6. The van der Waals surface area contributed by atoms with Crippen molar-refractivity contribution in [1.82, 2.24) is 16.0 Å². The van der Waals surface area contributed by atoms with Crippen LogP contribution in [-0.4, -0.2) is 54.8 Å². The number of hydrogen-bond acceptors (Lipinski definition) is 6. The van der Waals surface area contributed by atoms with E-state index in [1.165, 1.54) is 57.4 Å². The number of halogens is 6. The number of nitrogens with two attached hydrogens (primary N) is 1. The molecule has 0 aromatic heterocycles. The third kappa shape index (κ3) is 9.62. The SMILES string of the molecule is COc1ccc([C@H](NC(=O)[C@H](CCC(N)=O)NC(=O)C(F)(F)c2cccc(Cl)c2)C(=O)N[C@H](C(=O)C(F)(F)F)C(C)C)cc1. The maximum absolute atomic E-state index is 15.0. The van der Waals surface area contributed by atoms with E-state index < -0.39 is 84.0 Å². The van der Waals surface area contributed by atoms with Crippen LogP contribution in [0.5, 0.6) is 5.75 Å². The fourth-order valence-corrected chi connectivity index (χ4v) is 4.10. The molecule has 0 aliphatic rings. The van der Waals surface area contributed by atoms with Crippen LogP contribution in [-0.2, 0) is 29.9 Å². The summed E-state index contributed by atoms with van der Waals surface area (Å²) in [5.74, 6) is -12.6. The summed E-state index contributed by atoms with van der Waals surface area (Å²) in [6.07, 6.45) is -6.44. The number of primary amides is 1. The number of rotatable bonds is 14. The second kappa shape index (κ2) is 14.9. The summed E-state index contributed by atoms with van der Waals surface area (Å²) in [4.78, 5) is 62.7. The lowest BCUT2D eigenvalue weighted by Gasteiger charge is -2.27. The van der Waals surface area contributed by atoms with Crippen LogP contribution in [0.25, 0.3) is 0 Å². The van der Waals surface area contributed by atoms with Crippen molar-refractivity contribution in [3.05, 3.63) is 64.7 Å². The Morgan fingerprint density at radius 3 is 2.02 bits per heavy atom. The van der Waals surface area contributed by atoms with Gasteiger partial charge in [0.2, 0.25) is 17.7 Å². The van der Waals surface area contributed by atoms with Gasteiger partial charge in [0.15, 0.2) is 0 Å².